The lowest BCUT2D eigenvalue weighted by molar-refractivity contribution is 0.101. The first kappa shape index (κ1) is 18.1. The maximum absolute atomic E-state index is 12.0. The number of alkyl halides is 1. The SMILES string of the molecule is COc1cc(NS(C)(=O)=O)c(Oc2ccccc2)cc1C(=O)CCl. The van der Waals surface area contributed by atoms with E-state index < -0.39 is 10.0 Å². The number of ether oxygens (including phenoxy) is 2. The molecule has 0 radical (unpaired) electrons. The number of hydrogen-bond acceptors (Lipinski definition) is 5. The zero-order valence-electron chi connectivity index (χ0n) is 13.1. The zero-order valence-corrected chi connectivity index (χ0v) is 14.6. The van der Waals surface area contributed by atoms with Crippen molar-refractivity contribution in [2.75, 3.05) is 24.0 Å². The first-order valence-corrected chi connectivity index (χ1v) is 9.28. The highest BCUT2D eigenvalue weighted by Crippen LogP contribution is 2.36. The Labute approximate surface area is 145 Å². The summed E-state index contributed by atoms with van der Waals surface area (Å²) in [6.07, 6.45) is 1.02. The Bertz CT molecular complexity index is 837. The number of carbonyl (C=O) groups excluding carboxylic acids is 1. The van der Waals surface area contributed by atoms with Crippen molar-refractivity contribution in [3.63, 3.8) is 0 Å². The summed E-state index contributed by atoms with van der Waals surface area (Å²) in [6.45, 7) is 0. The Morgan fingerprint density at radius 2 is 1.83 bits per heavy atom. The van der Waals surface area contributed by atoms with Crippen LogP contribution in [-0.2, 0) is 10.0 Å². The van der Waals surface area contributed by atoms with Crippen molar-refractivity contribution in [1.82, 2.24) is 0 Å². The molecular formula is C16H16ClNO5S. The average Bonchev–Trinajstić information content (AvgIpc) is 2.55. The number of ketones is 1. The number of halogens is 1. The van der Waals surface area contributed by atoms with Gasteiger partial charge in [0.1, 0.15) is 11.5 Å². The first-order valence-electron chi connectivity index (χ1n) is 6.86. The third-order valence-corrected chi connectivity index (χ3v) is 3.82. The van der Waals surface area contributed by atoms with Gasteiger partial charge in [-0.05, 0) is 18.2 Å². The Balaban J connectivity index is 2.56. The Morgan fingerprint density at radius 1 is 1.17 bits per heavy atom. The van der Waals surface area contributed by atoms with Crippen molar-refractivity contribution in [3.8, 4) is 17.2 Å². The lowest BCUT2D eigenvalue weighted by Gasteiger charge is -2.16. The minimum absolute atomic E-state index is 0.157. The molecule has 0 amide bonds. The van der Waals surface area contributed by atoms with E-state index in [9.17, 15) is 13.2 Å². The molecule has 2 aromatic rings. The number of hydrogen-bond donors (Lipinski definition) is 1. The van der Waals surface area contributed by atoms with Crippen molar-refractivity contribution in [3.05, 3.63) is 48.0 Å². The van der Waals surface area contributed by atoms with Gasteiger partial charge in [-0.1, -0.05) is 18.2 Å². The van der Waals surface area contributed by atoms with Gasteiger partial charge in [-0.2, -0.15) is 0 Å². The van der Waals surface area contributed by atoms with Crippen molar-refractivity contribution in [2.45, 2.75) is 0 Å². The Kier molecular flexibility index (Phi) is 5.69. The number of sulfonamides is 1. The number of carbonyl (C=O) groups is 1. The van der Waals surface area contributed by atoms with Crippen LogP contribution < -0.4 is 14.2 Å². The molecule has 1 N–H and O–H groups in total. The van der Waals surface area contributed by atoms with Gasteiger partial charge >= 0.3 is 0 Å². The van der Waals surface area contributed by atoms with Crippen molar-refractivity contribution in [2.24, 2.45) is 0 Å². The summed E-state index contributed by atoms with van der Waals surface area (Å²) >= 11 is 5.62. The number of anilines is 1. The van der Waals surface area contributed by atoms with Gasteiger partial charge in [0.25, 0.3) is 0 Å². The molecule has 0 atom stereocenters. The maximum atomic E-state index is 12.0. The zero-order chi connectivity index (χ0) is 17.7. The molecule has 0 aliphatic rings. The van der Waals surface area contributed by atoms with E-state index in [0.29, 0.717) is 5.75 Å². The molecule has 0 bridgehead atoms. The predicted molar refractivity (Wildman–Crippen MR) is 93.0 cm³/mol. The van der Waals surface area contributed by atoms with Gasteiger partial charge in [-0.25, -0.2) is 8.42 Å². The fraction of sp³-hybridized carbons (Fsp3) is 0.188. The largest absolute Gasteiger partial charge is 0.496 e. The van der Waals surface area contributed by atoms with Crippen LogP contribution in [0.25, 0.3) is 0 Å². The van der Waals surface area contributed by atoms with E-state index in [1.807, 2.05) is 6.07 Å². The predicted octanol–water partition coefficient (Wildman–Crippen LogP) is 3.28. The molecule has 24 heavy (non-hydrogen) atoms. The van der Waals surface area contributed by atoms with Crippen molar-refractivity contribution >= 4 is 33.1 Å². The topological polar surface area (TPSA) is 81.7 Å². The highest BCUT2D eigenvalue weighted by molar-refractivity contribution is 7.92. The molecule has 6 nitrogen and oxygen atoms in total. The van der Waals surface area contributed by atoms with Gasteiger partial charge in [0, 0.05) is 6.07 Å². The molecule has 2 rings (SSSR count). The Morgan fingerprint density at radius 3 is 2.38 bits per heavy atom. The molecule has 128 valence electrons. The second kappa shape index (κ2) is 7.55. The molecule has 0 saturated carbocycles. The highest BCUT2D eigenvalue weighted by atomic mass is 35.5. The molecule has 0 heterocycles. The van der Waals surface area contributed by atoms with Crippen LogP contribution in [0.5, 0.6) is 17.2 Å². The molecule has 8 heteroatoms. The summed E-state index contributed by atoms with van der Waals surface area (Å²) in [5.74, 6) is 0.258. The normalized spacial score (nSPS) is 11.0. The summed E-state index contributed by atoms with van der Waals surface area (Å²) in [7, 11) is -2.17. The summed E-state index contributed by atoms with van der Waals surface area (Å²) in [5, 5.41) is 0. The first-order chi connectivity index (χ1) is 11.3. The van der Waals surface area contributed by atoms with Crippen molar-refractivity contribution in [1.29, 1.82) is 0 Å². The number of rotatable bonds is 7. The van der Waals surface area contributed by atoms with Crippen LogP contribution in [0.3, 0.4) is 0 Å². The van der Waals surface area contributed by atoms with Crippen LogP contribution in [0.2, 0.25) is 0 Å². The minimum Gasteiger partial charge on any atom is -0.496 e. The highest BCUT2D eigenvalue weighted by Gasteiger charge is 2.19. The van der Waals surface area contributed by atoms with Crippen LogP contribution >= 0.6 is 11.6 Å². The van der Waals surface area contributed by atoms with E-state index >= 15 is 0 Å². The lowest BCUT2D eigenvalue weighted by Crippen LogP contribution is -2.12. The maximum Gasteiger partial charge on any atom is 0.229 e. The monoisotopic (exact) mass is 369 g/mol. The fourth-order valence-corrected chi connectivity index (χ4v) is 2.70. The third kappa shape index (κ3) is 4.62. The second-order valence-electron chi connectivity index (χ2n) is 4.89. The second-order valence-corrected chi connectivity index (χ2v) is 6.91. The smallest absolute Gasteiger partial charge is 0.229 e. The molecule has 0 aliphatic carbocycles. The molecule has 0 saturated heterocycles. The van der Waals surface area contributed by atoms with E-state index in [-0.39, 0.29) is 34.4 Å². The minimum atomic E-state index is -3.55. The van der Waals surface area contributed by atoms with Gasteiger partial charge in [0.15, 0.2) is 11.5 Å². The molecule has 0 aliphatic heterocycles. The quantitative estimate of drug-likeness (QED) is 0.598. The van der Waals surface area contributed by atoms with Crippen LogP contribution in [0.15, 0.2) is 42.5 Å². The average molecular weight is 370 g/mol. The molecule has 2 aromatic carbocycles. The third-order valence-electron chi connectivity index (χ3n) is 2.99. The van der Waals surface area contributed by atoms with E-state index in [1.54, 1.807) is 24.3 Å². The summed E-state index contributed by atoms with van der Waals surface area (Å²) in [5.41, 5.74) is 0.363. The van der Waals surface area contributed by atoms with Gasteiger partial charge in [-0.15, -0.1) is 11.6 Å². The van der Waals surface area contributed by atoms with E-state index in [0.717, 1.165) is 6.26 Å². The molecule has 0 fully saturated rings. The summed E-state index contributed by atoms with van der Waals surface area (Å²) < 4.78 is 36.4. The van der Waals surface area contributed by atoms with Gasteiger partial charge in [0.2, 0.25) is 10.0 Å². The number of para-hydroxylation sites is 1. The number of nitrogens with one attached hydrogen (secondary N) is 1. The van der Waals surface area contributed by atoms with E-state index in [2.05, 4.69) is 4.72 Å². The van der Waals surface area contributed by atoms with Crippen LogP contribution in [0.1, 0.15) is 10.4 Å². The molecule has 0 aromatic heterocycles. The van der Waals surface area contributed by atoms with Crippen LogP contribution in [0.4, 0.5) is 5.69 Å². The van der Waals surface area contributed by atoms with Gasteiger partial charge < -0.3 is 9.47 Å². The van der Waals surface area contributed by atoms with E-state index in [4.69, 9.17) is 21.1 Å². The van der Waals surface area contributed by atoms with Crippen molar-refractivity contribution < 1.29 is 22.7 Å². The fourth-order valence-electron chi connectivity index (χ4n) is 2.00. The number of Topliss-reactive ketones (excluding diaryl/α,β-unsaturated/α-hetero) is 1. The molecular weight excluding hydrogens is 354 g/mol. The standard InChI is InChI=1S/C16H16ClNO5S/c1-22-15-9-13(18-24(2,20)21)16(8-12(15)14(19)10-17)23-11-6-4-3-5-7-11/h3-9,18H,10H2,1-2H3. The lowest BCUT2D eigenvalue weighted by atomic mass is 10.1. The number of benzene rings is 2. The summed E-state index contributed by atoms with van der Waals surface area (Å²) in [4.78, 5) is 12.0. The number of methoxy groups -OCH3 is 1. The molecule has 0 unspecified atom stereocenters. The summed E-state index contributed by atoms with van der Waals surface area (Å²) in [6, 6.07) is 11.6. The van der Waals surface area contributed by atoms with Crippen LogP contribution in [-0.4, -0.2) is 33.4 Å². The Hall–Kier alpha value is -2.25. The van der Waals surface area contributed by atoms with Crippen LogP contribution in [0, 0.1) is 0 Å². The van der Waals surface area contributed by atoms with E-state index in [1.165, 1.54) is 19.2 Å². The van der Waals surface area contributed by atoms with Gasteiger partial charge in [-0.3, -0.25) is 9.52 Å². The van der Waals surface area contributed by atoms with Gasteiger partial charge in [0.05, 0.1) is 30.5 Å². The molecule has 0 spiro atoms.